The average Bonchev–Trinajstić information content (AvgIpc) is 3.26. The molecule has 0 fully saturated rings. The fourth-order valence-electron chi connectivity index (χ4n) is 2.42. The third-order valence-electron chi connectivity index (χ3n) is 3.59. The smallest absolute Gasteiger partial charge is 0.259 e. The molecule has 0 spiro atoms. The van der Waals surface area contributed by atoms with Crippen LogP contribution in [0, 0.1) is 0 Å². The first-order valence-corrected chi connectivity index (χ1v) is 7.84. The second-order valence-electron chi connectivity index (χ2n) is 5.26. The SMILES string of the molecule is Clc1ccccc1-c1nc(Cn2ccc(-c3ccccc3)n2)no1. The summed E-state index contributed by atoms with van der Waals surface area (Å²) in [6, 6.07) is 19.4. The molecule has 0 N–H and O–H groups in total. The van der Waals surface area contributed by atoms with E-state index < -0.39 is 0 Å². The number of halogens is 1. The van der Waals surface area contributed by atoms with E-state index in [0.29, 0.717) is 23.3 Å². The molecule has 4 aromatic rings. The first-order valence-electron chi connectivity index (χ1n) is 7.46. The van der Waals surface area contributed by atoms with Crippen molar-refractivity contribution in [1.29, 1.82) is 0 Å². The predicted molar refractivity (Wildman–Crippen MR) is 91.5 cm³/mol. The van der Waals surface area contributed by atoms with Crippen LogP contribution < -0.4 is 0 Å². The highest BCUT2D eigenvalue weighted by atomic mass is 35.5. The molecule has 24 heavy (non-hydrogen) atoms. The quantitative estimate of drug-likeness (QED) is 0.557. The van der Waals surface area contributed by atoms with Crippen LogP contribution in [-0.4, -0.2) is 19.9 Å². The zero-order chi connectivity index (χ0) is 16.4. The van der Waals surface area contributed by atoms with E-state index in [9.17, 15) is 0 Å². The van der Waals surface area contributed by atoms with Crippen molar-refractivity contribution in [3.8, 4) is 22.7 Å². The van der Waals surface area contributed by atoms with Crippen LogP contribution in [0.5, 0.6) is 0 Å². The van der Waals surface area contributed by atoms with E-state index in [4.69, 9.17) is 16.1 Å². The number of hydrogen-bond donors (Lipinski definition) is 0. The fourth-order valence-corrected chi connectivity index (χ4v) is 2.64. The lowest BCUT2D eigenvalue weighted by atomic mass is 10.2. The third-order valence-corrected chi connectivity index (χ3v) is 3.92. The van der Waals surface area contributed by atoms with Crippen molar-refractivity contribution in [1.82, 2.24) is 19.9 Å². The van der Waals surface area contributed by atoms with E-state index >= 15 is 0 Å². The van der Waals surface area contributed by atoms with Gasteiger partial charge in [0, 0.05) is 11.8 Å². The van der Waals surface area contributed by atoms with Crippen LogP contribution in [-0.2, 0) is 6.54 Å². The summed E-state index contributed by atoms with van der Waals surface area (Å²) >= 11 is 6.15. The van der Waals surface area contributed by atoms with Gasteiger partial charge in [-0.25, -0.2) is 0 Å². The molecule has 6 heteroatoms. The zero-order valence-corrected chi connectivity index (χ0v) is 13.4. The maximum atomic E-state index is 6.15. The first-order chi connectivity index (χ1) is 11.8. The van der Waals surface area contributed by atoms with Crippen molar-refractivity contribution in [3.05, 3.63) is 77.7 Å². The number of aromatic nitrogens is 4. The second-order valence-corrected chi connectivity index (χ2v) is 5.67. The minimum absolute atomic E-state index is 0.408. The van der Waals surface area contributed by atoms with Crippen molar-refractivity contribution in [2.24, 2.45) is 0 Å². The van der Waals surface area contributed by atoms with Gasteiger partial charge in [0.05, 0.1) is 16.3 Å². The van der Waals surface area contributed by atoms with Gasteiger partial charge in [-0.1, -0.05) is 59.2 Å². The second kappa shape index (κ2) is 6.29. The molecule has 0 saturated heterocycles. The molecule has 0 aliphatic rings. The van der Waals surface area contributed by atoms with Crippen LogP contribution in [0.4, 0.5) is 0 Å². The Morgan fingerprint density at radius 2 is 1.75 bits per heavy atom. The topological polar surface area (TPSA) is 56.7 Å². The van der Waals surface area contributed by atoms with Gasteiger partial charge in [-0.05, 0) is 18.2 Å². The van der Waals surface area contributed by atoms with Gasteiger partial charge in [0.2, 0.25) is 0 Å². The number of hydrogen-bond acceptors (Lipinski definition) is 4. The maximum Gasteiger partial charge on any atom is 0.259 e. The molecule has 4 rings (SSSR count). The lowest BCUT2D eigenvalue weighted by Crippen LogP contribution is -2.02. The van der Waals surface area contributed by atoms with Gasteiger partial charge in [-0.3, -0.25) is 4.68 Å². The number of benzene rings is 2. The summed E-state index contributed by atoms with van der Waals surface area (Å²) in [5, 5.41) is 9.13. The van der Waals surface area contributed by atoms with E-state index in [1.165, 1.54) is 0 Å². The monoisotopic (exact) mass is 336 g/mol. The van der Waals surface area contributed by atoms with E-state index in [0.717, 1.165) is 16.8 Å². The van der Waals surface area contributed by atoms with Crippen molar-refractivity contribution in [2.45, 2.75) is 6.54 Å². The fraction of sp³-hybridized carbons (Fsp3) is 0.0556. The summed E-state index contributed by atoms with van der Waals surface area (Å²) in [5.74, 6) is 0.957. The van der Waals surface area contributed by atoms with Crippen LogP contribution >= 0.6 is 11.6 Å². The first kappa shape index (κ1) is 14.7. The average molecular weight is 337 g/mol. The molecule has 0 radical (unpaired) electrons. The molecule has 0 bridgehead atoms. The standard InChI is InChI=1S/C18H13ClN4O/c19-15-9-5-4-8-14(15)18-20-17(22-24-18)12-23-11-10-16(21-23)13-6-2-1-3-7-13/h1-11H,12H2. The Hall–Kier alpha value is -2.92. The molecule has 0 amide bonds. The highest BCUT2D eigenvalue weighted by molar-refractivity contribution is 6.33. The van der Waals surface area contributed by atoms with Gasteiger partial charge in [-0.15, -0.1) is 0 Å². The lowest BCUT2D eigenvalue weighted by Gasteiger charge is -1.97. The van der Waals surface area contributed by atoms with Gasteiger partial charge in [0.1, 0.15) is 6.54 Å². The van der Waals surface area contributed by atoms with Gasteiger partial charge >= 0.3 is 0 Å². The van der Waals surface area contributed by atoms with Crippen LogP contribution in [0.3, 0.4) is 0 Å². The van der Waals surface area contributed by atoms with Crippen LogP contribution in [0.15, 0.2) is 71.4 Å². The Balaban J connectivity index is 1.55. The Morgan fingerprint density at radius 1 is 0.958 bits per heavy atom. The van der Waals surface area contributed by atoms with Crippen molar-refractivity contribution >= 4 is 11.6 Å². The molecule has 0 atom stereocenters. The normalized spacial score (nSPS) is 10.9. The van der Waals surface area contributed by atoms with Crippen LogP contribution in [0.1, 0.15) is 5.82 Å². The van der Waals surface area contributed by atoms with Crippen LogP contribution in [0.25, 0.3) is 22.7 Å². The highest BCUT2D eigenvalue weighted by Crippen LogP contribution is 2.26. The molecule has 2 aromatic heterocycles. The maximum absolute atomic E-state index is 6.15. The Labute approximate surface area is 143 Å². The molecule has 0 unspecified atom stereocenters. The van der Waals surface area contributed by atoms with Gasteiger partial charge in [-0.2, -0.15) is 10.1 Å². The largest absolute Gasteiger partial charge is 0.334 e. The predicted octanol–water partition coefficient (Wildman–Crippen LogP) is 4.30. The highest BCUT2D eigenvalue weighted by Gasteiger charge is 2.12. The number of rotatable bonds is 4. The summed E-state index contributed by atoms with van der Waals surface area (Å²) in [5.41, 5.74) is 2.70. The zero-order valence-electron chi connectivity index (χ0n) is 12.6. The molecular formula is C18H13ClN4O. The Kier molecular flexibility index (Phi) is 3.84. The summed E-state index contributed by atoms with van der Waals surface area (Å²) in [4.78, 5) is 4.40. The Morgan fingerprint density at radius 3 is 2.58 bits per heavy atom. The summed E-state index contributed by atoms with van der Waals surface area (Å²) < 4.78 is 7.09. The summed E-state index contributed by atoms with van der Waals surface area (Å²) in [6.45, 7) is 0.431. The van der Waals surface area contributed by atoms with Gasteiger partial charge in [0.15, 0.2) is 5.82 Å². The lowest BCUT2D eigenvalue weighted by molar-refractivity contribution is 0.419. The Bertz CT molecular complexity index is 962. The van der Waals surface area contributed by atoms with E-state index in [1.54, 1.807) is 10.7 Å². The van der Waals surface area contributed by atoms with Crippen molar-refractivity contribution < 1.29 is 4.52 Å². The minimum Gasteiger partial charge on any atom is -0.334 e. The molecule has 2 heterocycles. The molecule has 0 aliphatic heterocycles. The molecule has 0 aliphatic carbocycles. The minimum atomic E-state index is 0.408. The van der Waals surface area contributed by atoms with Crippen LogP contribution in [0.2, 0.25) is 5.02 Å². The molecule has 5 nitrogen and oxygen atoms in total. The number of nitrogens with zero attached hydrogens (tertiary/aromatic N) is 4. The van der Waals surface area contributed by atoms with Gasteiger partial charge < -0.3 is 4.52 Å². The molecule has 118 valence electrons. The molecule has 2 aromatic carbocycles. The van der Waals surface area contributed by atoms with E-state index in [2.05, 4.69) is 15.2 Å². The summed E-state index contributed by atoms with van der Waals surface area (Å²) in [6.07, 6.45) is 1.90. The van der Waals surface area contributed by atoms with Crippen molar-refractivity contribution in [3.63, 3.8) is 0 Å². The summed E-state index contributed by atoms with van der Waals surface area (Å²) in [7, 11) is 0. The van der Waals surface area contributed by atoms with Gasteiger partial charge in [0.25, 0.3) is 5.89 Å². The molecule has 0 saturated carbocycles. The van der Waals surface area contributed by atoms with Crippen molar-refractivity contribution in [2.75, 3.05) is 0 Å². The van der Waals surface area contributed by atoms with E-state index in [-0.39, 0.29) is 0 Å². The van der Waals surface area contributed by atoms with E-state index in [1.807, 2.05) is 60.8 Å². The molecular weight excluding hydrogens is 324 g/mol. The third kappa shape index (κ3) is 2.94.